The lowest BCUT2D eigenvalue weighted by Crippen LogP contribution is -2.18. The number of hydrogen-bond donors (Lipinski definition) is 0. The van der Waals surface area contributed by atoms with Gasteiger partial charge in [0.25, 0.3) is 0 Å². The Kier molecular flexibility index (Phi) is 6.90. The standard InChI is InChI=1S/C18H19BrFNO5/c1-4-11-12-7-10(19)8-13(20)16(12)21-17(15(11)18(23)25-6-3)26-9-14(22)24-5-2/h7-8H,4-6,9H2,1-3H3. The zero-order valence-electron chi connectivity index (χ0n) is 14.7. The molecule has 0 saturated carbocycles. The number of hydrogen-bond acceptors (Lipinski definition) is 6. The molecule has 0 unspecified atom stereocenters. The summed E-state index contributed by atoms with van der Waals surface area (Å²) in [6.45, 7) is 5.07. The summed E-state index contributed by atoms with van der Waals surface area (Å²) in [6.07, 6.45) is 0.416. The summed E-state index contributed by atoms with van der Waals surface area (Å²) in [5, 5.41) is 0.478. The molecule has 1 aromatic heterocycles. The zero-order valence-corrected chi connectivity index (χ0v) is 16.3. The SMILES string of the molecule is CCOC(=O)COc1nc2c(F)cc(Br)cc2c(CC)c1C(=O)OCC. The lowest BCUT2D eigenvalue weighted by atomic mass is 10.0. The molecule has 2 aromatic rings. The van der Waals surface area contributed by atoms with Crippen molar-refractivity contribution in [3.63, 3.8) is 0 Å². The Balaban J connectivity index is 2.64. The molecule has 0 spiro atoms. The van der Waals surface area contributed by atoms with Gasteiger partial charge in [-0.3, -0.25) is 0 Å². The molecule has 0 aliphatic carbocycles. The van der Waals surface area contributed by atoms with E-state index in [1.165, 1.54) is 6.07 Å². The lowest BCUT2D eigenvalue weighted by molar-refractivity contribution is -0.145. The fourth-order valence-electron chi connectivity index (χ4n) is 2.55. The molecule has 0 fully saturated rings. The Bertz CT molecular complexity index is 840. The van der Waals surface area contributed by atoms with Gasteiger partial charge in [0, 0.05) is 9.86 Å². The molecule has 0 aliphatic heterocycles. The highest BCUT2D eigenvalue weighted by Crippen LogP contribution is 2.33. The van der Waals surface area contributed by atoms with Gasteiger partial charge in [-0.15, -0.1) is 0 Å². The minimum atomic E-state index is -0.641. The molecule has 8 heteroatoms. The molecule has 0 bridgehead atoms. The third-order valence-corrected chi connectivity index (χ3v) is 4.01. The number of carbonyl (C=O) groups excluding carboxylic acids is 2. The number of nitrogens with zero attached hydrogens (tertiary/aromatic N) is 1. The van der Waals surface area contributed by atoms with Crippen LogP contribution in [0.5, 0.6) is 5.88 Å². The molecular weight excluding hydrogens is 409 g/mol. The summed E-state index contributed by atoms with van der Waals surface area (Å²) in [6, 6.07) is 2.95. The zero-order chi connectivity index (χ0) is 19.3. The predicted molar refractivity (Wildman–Crippen MR) is 96.9 cm³/mol. The van der Waals surface area contributed by atoms with Gasteiger partial charge in [0.15, 0.2) is 12.4 Å². The van der Waals surface area contributed by atoms with Crippen molar-refractivity contribution >= 4 is 38.8 Å². The highest BCUT2D eigenvalue weighted by atomic mass is 79.9. The summed E-state index contributed by atoms with van der Waals surface area (Å²) < 4.78 is 30.2. The van der Waals surface area contributed by atoms with E-state index in [0.29, 0.717) is 21.8 Å². The van der Waals surface area contributed by atoms with Crippen LogP contribution >= 0.6 is 15.9 Å². The van der Waals surface area contributed by atoms with Gasteiger partial charge in [-0.25, -0.2) is 19.0 Å². The molecule has 26 heavy (non-hydrogen) atoms. The van der Waals surface area contributed by atoms with Gasteiger partial charge in [0.05, 0.1) is 13.2 Å². The average Bonchev–Trinajstić information content (AvgIpc) is 2.59. The van der Waals surface area contributed by atoms with Gasteiger partial charge in [-0.05, 0) is 38.0 Å². The number of halogens is 2. The molecule has 140 valence electrons. The van der Waals surface area contributed by atoms with Crippen molar-refractivity contribution in [1.29, 1.82) is 0 Å². The largest absolute Gasteiger partial charge is 0.465 e. The number of rotatable bonds is 7. The molecule has 6 nitrogen and oxygen atoms in total. The number of ether oxygens (including phenoxy) is 3. The van der Waals surface area contributed by atoms with Crippen molar-refractivity contribution in [2.24, 2.45) is 0 Å². The van der Waals surface area contributed by atoms with E-state index in [9.17, 15) is 14.0 Å². The monoisotopic (exact) mass is 427 g/mol. The lowest BCUT2D eigenvalue weighted by Gasteiger charge is -2.16. The molecule has 0 N–H and O–H groups in total. The van der Waals surface area contributed by atoms with Gasteiger partial charge in [-0.1, -0.05) is 22.9 Å². The van der Waals surface area contributed by atoms with Crippen LogP contribution in [0.1, 0.15) is 36.7 Å². The number of aromatic nitrogens is 1. The first-order chi connectivity index (χ1) is 12.4. The molecule has 1 heterocycles. The van der Waals surface area contributed by atoms with E-state index in [4.69, 9.17) is 14.2 Å². The van der Waals surface area contributed by atoms with E-state index in [2.05, 4.69) is 20.9 Å². The Morgan fingerprint density at radius 3 is 2.46 bits per heavy atom. The maximum Gasteiger partial charge on any atom is 0.344 e. The van der Waals surface area contributed by atoms with Crippen LogP contribution in [0.4, 0.5) is 4.39 Å². The first-order valence-corrected chi connectivity index (χ1v) is 8.99. The van der Waals surface area contributed by atoms with Crippen LogP contribution in [0, 0.1) is 5.82 Å². The topological polar surface area (TPSA) is 74.7 Å². The Hall–Kier alpha value is -2.22. The van der Waals surface area contributed by atoms with Crippen LogP contribution < -0.4 is 4.74 Å². The first-order valence-electron chi connectivity index (χ1n) is 8.19. The second-order valence-corrected chi connectivity index (χ2v) is 6.14. The van der Waals surface area contributed by atoms with E-state index in [1.807, 2.05) is 6.92 Å². The second kappa shape index (κ2) is 8.93. The van der Waals surface area contributed by atoms with Crippen LogP contribution in [-0.2, 0) is 20.7 Å². The number of benzene rings is 1. The maximum atomic E-state index is 14.4. The van der Waals surface area contributed by atoms with Crippen molar-refractivity contribution in [3.05, 3.63) is 33.5 Å². The summed E-state index contributed by atoms with van der Waals surface area (Å²) >= 11 is 3.25. The average molecular weight is 428 g/mol. The Labute approximate surface area is 158 Å². The fraction of sp³-hybridized carbons (Fsp3) is 0.389. The Morgan fingerprint density at radius 2 is 1.85 bits per heavy atom. The molecule has 2 rings (SSSR count). The van der Waals surface area contributed by atoms with E-state index >= 15 is 0 Å². The molecular formula is C18H19BrFNO5. The molecule has 0 amide bonds. The predicted octanol–water partition coefficient (Wildman–Crippen LogP) is 3.82. The summed E-state index contributed by atoms with van der Waals surface area (Å²) in [7, 11) is 0. The normalized spacial score (nSPS) is 10.7. The van der Waals surface area contributed by atoms with E-state index < -0.39 is 24.4 Å². The Morgan fingerprint density at radius 1 is 1.15 bits per heavy atom. The highest BCUT2D eigenvalue weighted by Gasteiger charge is 2.25. The van der Waals surface area contributed by atoms with Crippen LogP contribution in [-0.4, -0.2) is 36.7 Å². The van der Waals surface area contributed by atoms with Gasteiger partial charge in [0.1, 0.15) is 11.1 Å². The van der Waals surface area contributed by atoms with Crippen LogP contribution in [0.3, 0.4) is 0 Å². The molecule has 0 saturated heterocycles. The van der Waals surface area contributed by atoms with Crippen LogP contribution in [0.15, 0.2) is 16.6 Å². The van der Waals surface area contributed by atoms with E-state index in [0.717, 1.165) is 0 Å². The van der Waals surface area contributed by atoms with E-state index in [1.54, 1.807) is 19.9 Å². The quantitative estimate of drug-likeness (QED) is 0.625. The summed E-state index contributed by atoms with van der Waals surface area (Å²) in [4.78, 5) is 28.2. The third-order valence-electron chi connectivity index (χ3n) is 3.55. The van der Waals surface area contributed by atoms with Crippen LogP contribution in [0.2, 0.25) is 0 Å². The minimum Gasteiger partial charge on any atom is -0.465 e. The molecule has 0 aliphatic rings. The summed E-state index contributed by atoms with van der Waals surface area (Å²) in [5.74, 6) is -1.97. The minimum absolute atomic E-state index is 0.0527. The number of esters is 2. The highest BCUT2D eigenvalue weighted by molar-refractivity contribution is 9.10. The first kappa shape index (κ1) is 20.1. The number of pyridine rings is 1. The van der Waals surface area contributed by atoms with Gasteiger partial charge >= 0.3 is 11.9 Å². The molecule has 1 aromatic carbocycles. The van der Waals surface area contributed by atoms with Crippen molar-refractivity contribution in [2.75, 3.05) is 19.8 Å². The van der Waals surface area contributed by atoms with Crippen molar-refractivity contribution in [3.8, 4) is 5.88 Å². The van der Waals surface area contributed by atoms with Gasteiger partial charge in [0.2, 0.25) is 5.88 Å². The van der Waals surface area contributed by atoms with Gasteiger partial charge < -0.3 is 14.2 Å². The maximum absolute atomic E-state index is 14.4. The smallest absolute Gasteiger partial charge is 0.344 e. The molecule has 0 radical (unpaired) electrons. The van der Waals surface area contributed by atoms with Gasteiger partial charge in [-0.2, -0.15) is 0 Å². The van der Waals surface area contributed by atoms with E-state index in [-0.39, 0.29) is 30.2 Å². The number of aryl methyl sites for hydroxylation is 1. The number of carbonyl (C=O) groups is 2. The summed E-state index contributed by atoms with van der Waals surface area (Å²) in [5.41, 5.74) is 0.674. The third kappa shape index (κ3) is 4.30. The molecule has 0 atom stereocenters. The second-order valence-electron chi connectivity index (χ2n) is 5.22. The van der Waals surface area contributed by atoms with Crippen molar-refractivity contribution in [1.82, 2.24) is 4.98 Å². The van der Waals surface area contributed by atoms with Crippen molar-refractivity contribution in [2.45, 2.75) is 27.2 Å². The number of fused-ring (bicyclic) bond motifs is 1. The fourth-order valence-corrected chi connectivity index (χ4v) is 2.98. The van der Waals surface area contributed by atoms with Crippen molar-refractivity contribution < 1.29 is 28.2 Å². The van der Waals surface area contributed by atoms with Crippen LogP contribution in [0.25, 0.3) is 10.9 Å².